The van der Waals surface area contributed by atoms with Gasteiger partial charge in [-0.25, -0.2) is 0 Å². The Bertz CT molecular complexity index is 348. The summed E-state index contributed by atoms with van der Waals surface area (Å²) < 4.78 is 5.35. The topological polar surface area (TPSA) is 64.9 Å². The maximum absolute atomic E-state index is 6.16. The second-order valence-corrected chi connectivity index (χ2v) is 5.35. The van der Waals surface area contributed by atoms with Crippen molar-refractivity contribution in [2.75, 3.05) is 0 Å². The molecular weight excluding hydrogens is 226 g/mol. The van der Waals surface area contributed by atoms with Crippen molar-refractivity contribution in [1.82, 2.24) is 10.1 Å². The summed E-state index contributed by atoms with van der Waals surface area (Å²) in [5, 5.41) is 4.05. The van der Waals surface area contributed by atoms with Gasteiger partial charge in [0.2, 0.25) is 5.89 Å². The molecule has 3 rings (SSSR count). The first-order valence-corrected chi connectivity index (χ1v) is 5.76. The fraction of sp³-hybridized carbons (Fsp3) is 0.818. The Morgan fingerprint density at radius 1 is 1.19 bits per heavy atom. The monoisotopic (exact) mass is 243 g/mol. The van der Waals surface area contributed by atoms with Crippen molar-refractivity contribution in [3.63, 3.8) is 0 Å². The number of aromatic nitrogens is 2. The number of nitrogens with two attached hydrogens (primary N) is 1. The van der Waals surface area contributed by atoms with Crippen LogP contribution < -0.4 is 5.73 Å². The quantitative estimate of drug-likeness (QED) is 0.866. The first-order chi connectivity index (χ1) is 7.12. The lowest BCUT2D eigenvalue weighted by Crippen LogP contribution is -2.44. The van der Waals surface area contributed by atoms with Crippen molar-refractivity contribution < 1.29 is 4.52 Å². The predicted molar refractivity (Wildman–Crippen MR) is 62.5 cm³/mol. The molecule has 2 N–H and O–H groups in total. The minimum absolute atomic E-state index is 0. The molecule has 90 valence electrons. The molecule has 1 aromatic rings. The van der Waals surface area contributed by atoms with E-state index in [-0.39, 0.29) is 23.4 Å². The van der Waals surface area contributed by atoms with E-state index in [1.54, 1.807) is 0 Å². The zero-order chi connectivity index (χ0) is 10.5. The summed E-state index contributed by atoms with van der Waals surface area (Å²) in [6.07, 6.45) is 6.74. The highest BCUT2D eigenvalue weighted by molar-refractivity contribution is 5.85. The fourth-order valence-corrected chi connectivity index (χ4v) is 2.37. The average Bonchev–Trinajstić information content (AvgIpc) is 2.59. The smallest absolute Gasteiger partial charge is 0.232 e. The van der Waals surface area contributed by atoms with E-state index >= 15 is 0 Å². The molecule has 0 atom stereocenters. The Morgan fingerprint density at radius 3 is 2.25 bits per heavy atom. The predicted octanol–water partition coefficient (Wildman–Crippen LogP) is 2.27. The second kappa shape index (κ2) is 3.70. The zero-order valence-electron chi connectivity index (χ0n) is 9.53. The Balaban J connectivity index is 0.000000963. The van der Waals surface area contributed by atoms with Crippen molar-refractivity contribution in [3.05, 3.63) is 11.7 Å². The first kappa shape index (κ1) is 11.9. The molecule has 2 aliphatic rings. The first-order valence-electron chi connectivity index (χ1n) is 5.76. The number of nitrogens with zero attached hydrogens (tertiary/aromatic N) is 2. The van der Waals surface area contributed by atoms with Crippen molar-refractivity contribution >= 4 is 12.4 Å². The third-order valence-corrected chi connectivity index (χ3v) is 4.09. The summed E-state index contributed by atoms with van der Waals surface area (Å²) in [5.41, 5.74) is 6.00. The maximum atomic E-state index is 6.16. The van der Waals surface area contributed by atoms with Crippen LogP contribution in [-0.2, 0) is 11.0 Å². The Labute approximate surface area is 101 Å². The van der Waals surface area contributed by atoms with Gasteiger partial charge in [-0.1, -0.05) is 18.5 Å². The molecule has 2 aliphatic carbocycles. The van der Waals surface area contributed by atoms with Gasteiger partial charge in [0.05, 0.1) is 5.54 Å². The van der Waals surface area contributed by atoms with Gasteiger partial charge in [-0.15, -0.1) is 12.4 Å². The third kappa shape index (κ3) is 1.55. The molecule has 4 nitrogen and oxygen atoms in total. The van der Waals surface area contributed by atoms with E-state index in [4.69, 9.17) is 10.3 Å². The molecule has 0 bridgehead atoms. The van der Waals surface area contributed by atoms with E-state index in [2.05, 4.69) is 17.1 Å². The molecule has 2 fully saturated rings. The van der Waals surface area contributed by atoms with Gasteiger partial charge in [0.25, 0.3) is 0 Å². The number of hydrogen-bond donors (Lipinski definition) is 1. The van der Waals surface area contributed by atoms with Gasteiger partial charge in [0.15, 0.2) is 5.82 Å². The summed E-state index contributed by atoms with van der Waals surface area (Å²) in [6.45, 7) is 2.19. The molecular formula is C11H18ClN3O. The molecule has 0 spiro atoms. The van der Waals surface area contributed by atoms with Crippen LogP contribution in [0.4, 0.5) is 0 Å². The molecule has 1 heterocycles. The van der Waals surface area contributed by atoms with Crippen LogP contribution >= 0.6 is 12.4 Å². The lowest BCUT2D eigenvalue weighted by Gasteiger charge is -2.35. The highest BCUT2D eigenvalue weighted by atomic mass is 35.5. The van der Waals surface area contributed by atoms with Gasteiger partial charge < -0.3 is 10.3 Å². The molecule has 2 saturated carbocycles. The van der Waals surface area contributed by atoms with E-state index in [0.717, 1.165) is 37.4 Å². The zero-order valence-corrected chi connectivity index (χ0v) is 10.3. The van der Waals surface area contributed by atoms with E-state index in [1.807, 2.05) is 0 Å². The highest BCUT2D eigenvalue weighted by Gasteiger charge is 2.43. The molecule has 1 aromatic heterocycles. The lowest BCUT2D eigenvalue weighted by atomic mass is 9.70. The average molecular weight is 244 g/mol. The van der Waals surface area contributed by atoms with Crippen LogP contribution in [0.2, 0.25) is 0 Å². The maximum Gasteiger partial charge on any atom is 0.232 e. The Kier molecular flexibility index (Phi) is 2.75. The van der Waals surface area contributed by atoms with E-state index in [1.165, 1.54) is 12.8 Å². The Hall–Kier alpha value is -0.610. The van der Waals surface area contributed by atoms with Gasteiger partial charge in [0.1, 0.15) is 0 Å². The number of hydrogen-bond acceptors (Lipinski definition) is 4. The van der Waals surface area contributed by atoms with Crippen molar-refractivity contribution in [3.8, 4) is 0 Å². The summed E-state index contributed by atoms with van der Waals surface area (Å²) >= 11 is 0. The van der Waals surface area contributed by atoms with Crippen molar-refractivity contribution in [2.24, 2.45) is 5.73 Å². The summed E-state index contributed by atoms with van der Waals surface area (Å²) in [7, 11) is 0. The molecule has 0 unspecified atom stereocenters. The molecule has 0 radical (unpaired) electrons. The Morgan fingerprint density at radius 2 is 1.81 bits per heavy atom. The van der Waals surface area contributed by atoms with Crippen molar-refractivity contribution in [1.29, 1.82) is 0 Å². The number of rotatable bonds is 2. The largest absolute Gasteiger partial charge is 0.339 e. The normalized spacial score (nSPS) is 25.1. The standard InChI is InChI=1S/C11H17N3O.ClH/c1-10(4-2-5-10)9-13-8(14-15-9)11(12)6-3-7-11;/h2-7,12H2,1H3;1H. The van der Waals surface area contributed by atoms with E-state index in [9.17, 15) is 0 Å². The lowest BCUT2D eigenvalue weighted by molar-refractivity contribution is 0.192. The number of halogens is 1. The van der Waals surface area contributed by atoms with E-state index < -0.39 is 0 Å². The minimum atomic E-state index is -0.290. The van der Waals surface area contributed by atoms with Gasteiger partial charge in [-0.3, -0.25) is 0 Å². The van der Waals surface area contributed by atoms with Crippen LogP contribution in [0.15, 0.2) is 4.52 Å². The molecule has 0 saturated heterocycles. The molecule has 5 heteroatoms. The van der Waals surface area contributed by atoms with Crippen molar-refractivity contribution in [2.45, 2.75) is 56.4 Å². The van der Waals surface area contributed by atoms with Crippen LogP contribution in [0, 0.1) is 0 Å². The van der Waals surface area contributed by atoms with Crippen LogP contribution in [0.3, 0.4) is 0 Å². The van der Waals surface area contributed by atoms with Gasteiger partial charge in [0, 0.05) is 5.41 Å². The van der Waals surface area contributed by atoms with Crippen LogP contribution in [0.1, 0.15) is 57.2 Å². The van der Waals surface area contributed by atoms with Crippen LogP contribution in [0.5, 0.6) is 0 Å². The second-order valence-electron chi connectivity index (χ2n) is 5.35. The third-order valence-electron chi connectivity index (χ3n) is 4.09. The molecule has 0 amide bonds. The SMILES string of the molecule is CC1(c2nc(C3(N)CCC3)no2)CCC1.Cl. The summed E-state index contributed by atoms with van der Waals surface area (Å²) in [5.74, 6) is 1.51. The van der Waals surface area contributed by atoms with Crippen LogP contribution in [0.25, 0.3) is 0 Å². The van der Waals surface area contributed by atoms with Crippen LogP contribution in [-0.4, -0.2) is 10.1 Å². The fourth-order valence-electron chi connectivity index (χ4n) is 2.37. The minimum Gasteiger partial charge on any atom is -0.339 e. The van der Waals surface area contributed by atoms with E-state index in [0.29, 0.717) is 0 Å². The summed E-state index contributed by atoms with van der Waals surface area (Å²) in [4.78, 5) is 4.50. The molecule has 0 aliphatic heterocycles. The molecule has 16 heavy (non-hydrogen) atoms. The highest BCUT2D eigenvalue weighted by Crippen LogP contribution is 2.44. The van der Waals surface area contributed by atoms with Gasteiger partial charge in [-0.05, 0) is 32.1 Å². The van der Waals surface area contributed by atoms with Gasteiger partial charge >= 0.3 is 0 Å². The molecule has 0 aromatic carbocycles. The van der Waals surface area contributed by atoms with Gasteiger partial charge in [-0.2, -0.15) is 4.98 Å². The summed E-state index contributed by atoms with van der Waals surface area (Å²) in [6, 6.07) is 0.